The number of carbonyl (C=O) groups is 2. The number of hydrogen-bond acceptors (Lipinski definition) is 3. The van der Waals surface area contributed by atoms with Gasteiger partial charge in [0.1, 0.15) is 5.56 Å². The van der Waals surface area contributed by atoms with E-state index in [2.05, 4.69) is 10.2 Å². The first kappa shape index (κ1) is 13.8. The molecule has 0 aliphatic carbocycles. The molecule has 1 atom stereocenters. The first-order valence-electron chi connectivity index (χ1n) is 6.00. The molecule has 1 aromatic rings. The van der Waals surface area contributed by atoms with E-state index in [0.29, 0.717) is 6.54 Å². The van der Waals surface area contributed by atoms with Crippen LogP contribution in [0.25, 0.3) is 0 Å². The summed E-state index contributed by atoms with van der Waals surface area (Å²) < 4.78 is 0. The van der Waals surface area contributed by atoms with Crippen LogP contribution >= 0.6 is 11.6 Å². The lowest BCUT2D eigenvalue weighted by molar-refractivity contribution is -0.119. The lowest BCUT2D eigenvalue weighted by Gasteiger charge is -2.13. The van der Waals surface area contributed by atoms with Gasteiger partial charge in [-0.3, -0.25) is 4.79 Å². The van der Waals surface area contributed by atoms with Crippen molar-refractivity contribution in [3.8, 4) is 0 Å². The number of amides is 1. The van der Waals surface area contributed by atoms with Gasteiger partial charge in [-0.15, -0.1) is 0 Å². The number of rotatable bonds is 3. The molecule has 1 fully saturated rings. The molecule has 1 aliphatic heterocycles. The number of nitrogens with zero attached hydrogens (tertiary/aromatic N) is 1. The summed E-state index contributed by atoms with van der Waals surface area (Å²) in [6, 6.07) is 4.65. The minimum absolute atomic E-state index is 0.0659. The molecule has 6 heteroatoms. The standard InChI is InChI=1S/C13H15ClN2O3/c1-16-6-5-8(7-16)12(17)15-10-4-2-3-9(14)11(10)13(18)19/h2-4,8H,5-7H2,1H3,(H,15,17)(H,18,19). The Morgan fingerprint density at radius 1 is 1.47 bits per heavy atom. The summed E-state index contributed by atoms with van der Waals surface area (Å²) >= 11 is 5.85. The Balaban J connectivity index is 2.17. The second-order valence-corrected chi connectivity index (χ2v) is 5.11. The Morgan fingerprint density at radius 2 is 2.21 bits per heavy atom. The van der Waals surface area contributed by atoms with E-state index in [1.807, 2.05) is 7.05 Å². The van der Waals surface area contributed by atoms with Gasteiger partial charge in [0, 0.05) is 6.54 Å². The van der Waals surface area contributed by atoms with Crippen molar-refractivity contribution in [1.82, 2.24) is 4.90 Å². The van der Waals surface area contributed by atoms with E-state index >= 15 is 0 Å². The summed E-state index contributed by atoms with van der Waals surface area (Å²) in [5, 5.41) is 11.9. The number of carbonyl (C=O) groups excluding carboxylic acids is 1. The molecule has 0 saturated carbocycles. The zero-order chi connectivity index (χ0) is 14.0. The molecule has 19 heavy (non-hydrogen) atoms. The molecule has 1 aromatic carbocycles. The molecule has 0 radical (unpaired) electrons. The van der Waals surface area contributed by atoms with Gasteiger partial charge in [-0.05, 0) is 32.1 Å². The van der Waals surface area contributed by atoms with E-state index in [1.54, 1.807) is 12.1 Å². The van der Waals surface area contributed by atoms with Crippen molar-refractivity contribution in [1.29, 1.82) is 0 Å². The van der Waals surface area contributed by atoms with Crippen LogP contribution in [0.3, 0.4) is 0 Å². The molecule has 0 bridgehead atoms. The van der Waals surface area contributed by atoms with Crippen molar-refractivity contribution in [3.63, 3.8) is 0 Å². The van der Waals surface area contributed by atoms with Gasteiger partial charge >= 0.3 is 5.97 Å². The third kappa shape index (κ3) is 3.05. The minimum Gasteiger partial charge on any atom is -0.478 e. The first-order chi connectivity index (χ1) is 8.99. The van der Waals surface area contributed by atoms with Gasteiger partial charge in [-0.2, -0.15) is 0 Å². The van der Waals surface area contributed by atoms with Crippen molar-refractivity contribution in [2.24, 2.45) is 5.92 Å². The number of carboxylic acids is 1. The van der Waals surface area contributed by atoms with Crippen molar-refractivity contribution in [2.45, 2.75) is 6.42 Å². The molecule has 0 aromatic heterocycles. The molecule has 2 N–H and O–H groups in total. The van der Waals surface area contributed by atoms with Crippen molar-refractivity contribution in [2.75, 3.05) is 25.5 Å². The summed E-state index contributed by atoms with van der Waals surface area (Å²) in [5.74, 6) is -1.41. The van der Waals surface area contributed by atoms with Gasteiger partial charge in [-0.25, -0.2) is 4.79 Å². The normalized spacial score (nSPS) is 19.4. The fourth-order valence-corrected chi connectivity index (χ4v) is 2.48. The quantitative estimate of drug-likeness (QED) is 0.889. The lowest BCUT2D eigenvalue weighted by atomic mass is 10.1. The number of likely N-dealkylation sites (tertiary alicyclic amines) is 1. The fraction of sp³-hybridized carbons (Fsp3) is 0.385. The topological polar surface area (TPSA) is 69.6 Å². The molecule has 1 unspecified atom stereocenters. The number of halogens is 1. The molecule has 1 aliphatic rings. The number of carboxylic acid groups (broad SMARTS) is 1. The van der Waals surface area contributed by atoms with Gasteiger partial charge < -0.3 is 15.3 Å². The zero-order valence-corrected chi connectivity index (χ0v) is 11.3. The zero-order valence-electron chi connectivity index (χ0n) is 10.5. The molecule has 2 rings (SSSR count). The van der Waals surface area contributed by atoms with Gasteiger partial charge in [0.15, 0.2) is 0 Å². The SMILES string of the molecule is CN1CCC(C(=O)Nc2cccc(Cl)c2C(=O)O)C1. The molecule has 102 valence electrons. The highest BCUT2D eigenvalue weighted by Crippen LogP contribution is 2.25. The van der Waals surface area contributed by atoms with E-state index in [-0.39, 0.29) is 28.1 Å². The van der Waals surface area contributed by atoms with Crippen LogP contribution in [0.1, 0.15) is 16.8 Å². The van der Waals surface area contributed by atoms with E-state index in [0.717, 1.165) is 13.0 Å². The number of aromatic carboxylic acids is 1. The van der Waals surface area contributed by atoms with E-state index in [4.69, 9.17) is 16.7 Å². The lowest BCUT2D eigenvalue weighted by Crippen LogP contribution is -2.26. The van der Waals surface area contributed by atoms with Crippen LogP contribution in [0, 0.1) is 5.92 Å². The Kier molecular flexibility index (Phi) is 4.07. The summed E-state index contributed by atoms with van der Waals surface area (Å²) in [6.45, 7) is 1.56. The molecular formula is C13H15ClN2O3. The van der Waals surface area contributed by atoms with Crippen LogP contribution in [0.4, 0.5) is 5.69 Å². The van der Waals surface area contributed by atoms with Crippen LogP contribution < -0.4 is 5.32 Å². The fourth-order valence-electron chi connectivity index (χ4n) is 2.23. The van der Waals surface area contributed by atoms with Crippen LogP contribution in [-0.4, -0.2) is 42.0 Å². The summed E-state index contributed by atoms with van der Waals surface area (Å²) in [7, 11) is 1.95. The number of anilines is 1. The predicted molar refractivity (Wildman–Crippen MR) is 72.6 cm³/mol. The maximum Gasteiger partial charge on any atom is 0.339 e. The van der Waals surface area contributed by atoms with Crippen molar-refractivity contribution in [3.05, 3.63) is 28.8 Å². The summed E-state index contributed by atoms with van der Waals surface area (Å²) in [4.78, 5) is 25.3. The Hall–Kier alpha value is -1.59. The first-order valence-corrected chi connectivity index (χ1v) is 6.38. The third-order valence-electron chi connectivity index (χ3n) is 3.25. The maximum atomic E-state index is 12.1. The highest BCUT2D eigenvalue weighted by atomic mass is 35.5. The maximum absolute atomic E-state index is 12.1. The van der Waals surface area contributed by atoms with E-state index in [9.17, 15) is 9.59 Å². The van der Waals surface area contributed by atoms with Crippen LogP contribution in [0.2, 0.25) is 5.02 Å². The Morgan fingerprint density at radius 3 is 2.79 bits per heavy atom. The van der Waals surface area contributed by atoms with E-state index < -0.39 is 5.97 Å². The minimum atomic E-state index is -1.15. The number of nitrogens with one attached hydrogen (secondary N) is 1. The second kappa shape index (κ2) is 5.59. The average Bonchev–Trinajstić information content (AvgIpc) is 2.75. The van der Waals surface area contributed by atoms with Gasteiger partial charge in [-0.1, -0.05) is 17.7 Å². The number of hydrogen-bond donors (Lipinski definition) is 2. The van der Waals surface area contributed by atoms with Gasteiger partial charge in [0.2, 0.25) is 5.91 Å². The van der Waals surface area contributed by atoms with Crippen molar-refractivity contribution >= 4 is 29.2 Å². The summed E-state index contributed by atoms with van der Waals surface area (Å²) in [6.07, 6.45) is 0.783. The van der Waals surface area contributed by atoms with Crippen LogP contribution in [0.15, 0.2) is 18.2 Å². The van der Waals surface area contributed by atoms with Crippen LogP contribution in [-0.2, 0) is 4.79 Å². The monoisotopic (exact) mass is 282 g/mol. The van der Waals surface area contributed by atoms with Crippen LogP contribution in [0.5, 0.6) is 0 Å². The number of benzene rings is 1. The Bertz CT molecular complexity index is 519. The largest absolute Gasteiger partial charge is 0.478 e. The highest BCUT2D eigenvalue weighted by molar-refractivity contribution is 6.34. The predicted octanol–water partition coefficient (Wildman–Crippen LogP) is 1.93. The molecule has 0 spiro atoms. The van der Waals surface area contributed by atoms with Gasteiger partial charge in [0.05, 0.1) is 16.6 Å². The smallest absolute Gasteiger partial charge is 0.339 e. The average molecular weight is 283 g/mol. The highest BCUT2D eigenvalue weighted by Gasteiger charge is 2.27. The molecular weight excluding hydrogens is 268 g/mol. The molecule has 5 nitrogen and oxygen atoms in total. The molecule has 1 amide bonds. The molecule has 1 heterocycles. The second-order valence-electron chi connectivity index (χ2n) is 4.70. The summed E-state index contributed by atoms with van der Waals surface area (Å²) in [5.41, 5.74) is 0.184. The molecule has 1 saturated heterocycles. The van der Waals surface area contributed by atoms with E-state index in [1.165, 1.54) is 6.07 Å². The Labute approximate surface area is 116 Å². The third-order valence-corrected chi connectivity index (χ3v) is 3.56. The van der Waals surface area contributed by atoms with Gasteiger partial charge in [0.25, 0.3) is 0 Å². The van der Waals surface area contributed by atoms with Crippen molar-refractivity contribution < 1.29 is 14.7 Å².